The van der Waals surface area contributed by atoms with E-state index >= 15 is 0 Å². The number of anilines is 1. The number of aliphatic imine (C=N–C) groups is 1. The van der Waals surface area contributed by atoms with Gasteiger partial charge in [-0.2, -0.15) is 0 Å². The number of aromatic nitrogens is 1. The lowest BCUT2D eigenvalue weighted by Crippen LogP contribution is -2.42. The van der Waals surface area contributed by atoms with Gasteiger partial charge >= 0.3 is 0 Å². The Morgan fingerprint density at radius 1 is 1.29 bits per heavy atom. The molecule has 170 valence electrons. The largest absolute Gasteiger partial charge is 0.489 e. The van der Waals surface area contributed by atoms with E-state index in [1.807, 2.05) is 37.4 Å². The predicted molar refractivity (Wildman–Crippen MR) is 137 cm³/mol. The summed E-state index contributed by atoms with van der Waals surface area (Å²) in [6, 6.07) is 11.5. The van der Waals surface area contributed by atoms with Gasteiger partial charge in [0.05, 0.1) is 19.3 Å². The minimum atomic E-state index is -0.0263. The van der Waals surface area contributed by atoms with Crippen LogP contribution >= 0.6 is 35.6 Å². The summed E-state index contributed by atoms with van der Waals surface area (Å²) in [7, 11) is 1.75. The highest BCUT2D eigenvalue weighted by Gasteiger charge is 2.17. The zero-order valence-electron chi connectivity index (χ0n) is 18.2. The Kier molecular flexibility index (Phi) is 10.6. The number of ether oxygens (including phenoxy) is 2. The summed E-state index contributed by atoms with van der Waals surface area (Å²) in [6.07, 6.45) is 2.12. The van der Waals surface area contributed by atoms with Crippen LogP contribution in [0.3, 0.4) is 0 Å². The first kappa shape index (κ1) is 25.5. The average molecular weight is 560 g/mol. The molecular weight excluding hydrogens is 529 g/mol. The molecule has 0 aliphatic carbocycles. The van der Waals surface area contributed by atoms with E-state index in [1.54, 1.807) is 7.05 Å². The smallest absolute Gasteiger partial charge is 0.191 e. The minimum Gasteiger partial charge on any atom is -0.489 e. The fraction of sp³-hybridized carbons (Fsp3) is 0.455. The third-order valence-corrected chi connectivity index (χ3v) is 5.02. The summed E-state index contributed by atoms with van der Waals surface area (Å²) in [5.41, 5.74) is 1.09. The molecule has 1 aliphatic rings. The molecule has 2 atom stereocenters. The molecule has 7 nitrogen and oxygen atoms in total. The van der Waals surface area contributed by atoms with E-state index in [-0.39, 0.29) is 36.2 Å². The van der Waals surface area contributed by atoms with Crippen molar-refractivity contribution in [1.82, 2.24) is 15.6 Å². The number of benzene rings is 1. The molecule has 2 unspecified atom stereocenters. The molecule has 0 radical (unpaired) electrons. The first-order chi connectivity index (χ1) is 14.5. The fourth-order valence-corrected chi connectivity index (χ4v) is 3.29. The van der Waals surface area contributed by atoms with Gasteiger partial charge in [-0.3, -0.25) is 4.99 Å². The Morgan fingerprint density at radius 3 is 2.71 bits per heavy atom. The van der Waals surface area contributed by atoms with Crippen LogP contribution in [-0.2, 0) is 11.3 Å². The second kappa shape index (κ2) is 12.9. The molecule has 0 spiro atoms. The molecule has 2 N–H and O–H groups in total. The Labute approximate surface area is 206 Å². The summed E-state index contributed by atoms with van der Waals surface area (Å²) in [5.74, 6) is 2.50. The van der Waals surface area contributed by atoms with Crippen molar-refractivity contribution in [3.8, 4) is 5.75 Å². The van der Waals surface area contributed by atoms with Crippen LogP contribution in [0.4, 0.5) is 5.82 Å². The van der Waals surface area contributed by atoms with Gasteiger partial charge in [0.15, 0.2) is 5.96 Å². The highest BCUT2D eigenvalue weighted by molar-refractivity contribution is 14.0. The van der Waals surface area contributed by atoms with Crippen LogP contribution in [-0.4, -0.2) is 56.4 Å². The molecule has 31 heavy (non-hydrogen) atoms. The van der Waals surface area contributed by atoms with Gasteiger partial charge in [0.1, 0.15) is 17.7 Å². The first-order valence-electron chi connectivity index (χ1n) is 10.2. The molecule has 1 aromatic heterocycles. The van der Waals surface area contributed by atoms with Gasteiger partial charge in [-0.05, 0) is 49.7 Å². The van der Waals surface area contributed by atoms with Crippen molar-refractivity contribution >= 4 is 47.4 Å². The molecule has 3 rings (SSSR count). The monoisotopic (exact) mass is 559 g/mol. The predicted octanol–water partition coefficient (Wildman–Crippen LogP) is 3.71. The number of guanidine groups is 1. The van der Waals surface area contributed by atoms with Crippen molar-refractivity contribution in [3.05, 3.63) is 53.2 Å². The molecule has 1 aromatic carbocycles. The van der Waals surface area contributed by atoms with Gasteiger partial charge in [-0.1, -0.05) is 17.7 Å². The normalized spacial score (nSPS) is 17.5. The maximum absolute atomic E-state index is 5.91. The number of nitrogens with one attached hydrogen (secondary N) is 2. The van der Waals surface area contributed by atoms with E-state index in [2.05, 4.69) is 44.6 Å². The molecule has 0 bridgehead atoms. The van der Waals surface area contributed by atoms with Crippen LogP contribution in [0.25, 0.3) is 0 Å². The van der Waals surface area contributed by atoms with Gasteiger partial charge in [0, 0.05) is 37.9 Å². The van der Waals surface area contributed by atoms with Crippen molar-refractivity contribution in [2.45, 2.75) is 32.6 Å². The molecule has 0 amide bonds. The third kappa shape index (κ3) is 8.34. The Morgan fingerprint density at radius 2 is 2.06 bits per heavy atom. The summed E-state index contributed by atoms with van der Waals surface area (Å²) in [4.78, 5) is 11.1. The number of pyridine rings is 1. The van der Waals surface area contributed by atoms with Crippen molar-refractivity contribution in [3.63, 3.8) is 0 Å². The Hall–Kier alpha value is -1.78. The highest BCUT2D eigenvalue weighted by Crippen LogP contribution is 2.17. The van der Waals surface area contributed by atoms with Crippen LogP contribution in [0, 0.1) is 0 Å². The van der Waals surface area contributed by atoms with E-state index in [0.29, 0.717) is 24.1 Å². The molecule has 1 fully saturated rings. The quantitative estimate of drug-likeness (QED) is 0.306. The van der Waals surface area contributed by atoms with Gasteiger partial charge in [0.2, 0.25) is 0 Å². The zero-order valence-corrected chi connectivity index (χ0v) is 21.3. The summed E-state index contributed by atoms with van der Waals surface area (Å²) >= 11 is 5.91. The van der Waals surface area contributed by atoms with Crippen LogP contribution in [0.1, 0.15) is 19.4 Å². The van der Waals surface area contributed by atoms with Crippen molar-refractivity contribution in [1.29, 1.82) is 0 Å². The van der Waals surface area contributed by atoms with Gasteiger partial charge in [0.25, 0.3) is 0 Å². The Balaban J connectivity index is 0.00000341. The molecule has 0 saturated carbocycles. The van der Waals surface area contributed by atoms with Crippen LogP contribution in [0.15, 0.2) is 47.6 Å². The lowest BCUT2D eigenvalue weighted by atomic mass is 10.2. The van der Waals surface area contributed by atoms with E-state index in [1.165, 1.54) is 0 Å². The lowest BCUT2D eigenvalue weighted by molar-refractivity contribution is 0.0529. The molecule has 2 heterocycles. The Bertz CT molecular complexity index is 820. The van der Waals surface area contributed by atoms with Crippen molar-refractivity contribution in [2.75, 3.05) is 38.2 Å². The number of morpholine rings is 1. The summed E-state index contributed by atoms with van der Waals surface area (Å²) in [6.45, 7) is 7.84. The number of rotatable bonds is 7. The molecular formula is C22H31ClIN5O2. The SMILES string of the molecule is CN=C(NCc1ccc(N2CCOC(C)C2)nc1)NCC(C)Oc1ccc(Cl)cc1.I. The zero-order chi connectivity index (χ0) is 21.3. The first-order valence-corrected chi connectivity index (χ1v) is 10.6. The average Bonchev–Trinajstić information content (AvgIpc) is 2.76. The molecule has 9 heteroatoms. The number of nitrogens with zero attached hydrogens (tertiary/aromatic N) is 3. The summed E-state index contributed by atoms with van der Waals surface area (Å²) in [5, 5.41) is 7.29. The van der Waals surface area contributed by atoms with E-state index in [4.69, 9.17) is 21.1 Å². The number of hydrogen-bond donors (Lipinski definition) is 2. The standard InChI is InChI=1S/C22H30ClN5O2.HI/c1-16(30-20-7-5-19(23)6-8-20)12-26-22(24-3)27-14-18-4-9-21(25-13-18)28-10-11-29-17(2)15-28;/h4-9,13,16-17H,10-12,14-15H2,1-3H3,(H2,24,26,27);1H. The van der Waals surface area contributed by atoms with E-state index < -0.39 is 0 Å². The van der Waals surface area contributed by atoms with Crippen molar-refractivity contribution < 1.29 is 9.47 Å². The highest BCUT2D eigenvalue weighted by atomic mass is 127. The van der Waals surface area contributed by atoms with Gasteiger partial charge < -0.3 is 25.0 Å². The van der Waals surface area contributed by atoms with Crippen LogP contribution < -0.4 is 20.3 Å². The number of hydrogen-bond acceptors (Lipinski definition) is 5. The van der Waals surface area contributed by atoms with Crippen LogP contribution in [0.2, 0.25) is 5.02 Å². The van der Waals surface area contributed by atoms with Crippen molar-refractivity contribution in [2.24, 2.45) is 4.99 Å². The molecule has 2 aromatic rings. The lowest BCUT2D eigenvalue weighted by Gasteiger charge is -2.32. The topological polar surface area (TPSA) is 71.0 Å². The summed E-state index contributed by atoms with van der Waals surface area (Å²) < 4.78 is 11.5. The van der Waals surface area contributed by atoms with Crippen LogP contribution in [0.5, 0.6) is 5.75 Å². The van der Waals surface area contributed by atoms with E-state index in [9.17, 15) is 0 Å². The maximum atomic E-state index is 5.91. The molecule has 1 saturated heterocycles. The maximum Gasteiger partial charge on any atom is 0.191 e. The van der Waals surface area contributed by atoms with E-state index in [0.717, 1.165) is 36.8 Å². The number of halogens is 2. The third-order valence-electron chi connectivity index (χ3n) is 4.77. The van der Waals surface area contributed by atoms with Gasteiger partial charge in [-0.15, -0.1) is 24.0 Å². The van der Waals surface area contributed by atoms with Gasteiger partial charge in [-0.25, -0.2) is 4.98 Å². The molecule has 1 aliphatic heterocycles. The second-order valence-corrected chi connectivity index (χ2v) is 7.78. The fourth-order valence-electron chi connectivity index (χ4n) is 3.17. The minimum absolute atomic E-state index is 0. The second-order valence-electron chi connectivity index (χ2n) is 7.34.